The van der Waals surface area contributed by atoms with Crippen LogP contribution >= 0.6 is 0 Å². The summed E-state index contributed by atoms with van der Waals surface area (Å²) in [6.45, 7) is 23.6. The van der Waals surface area contributed by atoms with Crippen LogP contribution in [0, 0.1) is 0 Å². The molecule has 89 heavy (non-hydrogen) atoms. The first-order chi connectivity index (χ1) is 42.9. The monoisotopic (exact) mass is 1150 g/mol. The van der Waals surface area contributed by atoms with Crippen LogP contribution in [0.25, 0.3) is 121 Å². The largest absolute Gasteiger partial charge is 0.491 e. The fraction of sp³-hybridized carbons (Fsp3) is 0.186. The maximum atomic E-state index is 11.5. The fourth-order valence-electron chi connectivity index (χ4n) is 16.4. The Hall–Kier alpha value is -9.12. The Morgan fingerprint density at radius 1 is 0.326 bits per heavy atom. The zero-order valence-electron chi connectivity index (χ0n) is 52.7. The maximum absolute atomic E-state index is 11.5. The number of rotatable bonds is 11. The van der Waals surface area contributed by atoms with E-state index in [1.54, 1.807) is 0 Å². The summed E-state index contributed by atoms with van der Waals surface area (Å²) in [5.41, 5.74) is 32.4. The van der Waals surface area contributed by atoms with Gasteiger partial charge in [0.05, 0.1) is 6.61 Å². The van der Waals surface area contributed by atoms with Crippen molar-refractivity contribution >= 4 is 44.9 Å². The van der Waals surface area contributed by atoms with Crippen molar-refractivity contribution in [1.29, 1.82) is 0 Å². The van der Waals surface area contributed by atoms with Crippen LogP contribution < -0.4 is 5.46 Å². The van der Waals surface area contributed by atoms with Gasteiger partial charge in [-0.05, 0) is 219 Å². The molecule has 0 unspecified atom stereocenters. The highest BCUT2D eigenvalue weighted by atomic mass is 16.5. The molecule has 16 rings (SSSR count). The van der Waals surface area contributed by atoms with E-state index in [2.05, 4.69) is 288 Å². The number of fused-ring (bicyclic) bond motifs is 9. The second kappa shape index (κ2) is 20.2. The van der Waals surface area contributed by atoms with Crippen LogP contribution in [0.5, 0.6) is 0 Å². The number of benzene rings is 13. The van der Waals surface area contributed by atoms with Crippen LogP contribution in [0.2, 0.25) is 0 Å². The molecule has 0 heterocycles. The average Bonchev–Trinajstić information content (AvgIpc) is 1.39. The van der Waals surface area contributed by atoms with E-state index >= 15 is 0 Å². The molecule has 2 nitrogen and oxygen atoms in total. The quantitative estimate of drug-likeness (QED) is 0.103. The van der Waals surface area contributed by atoms with Gasteiger partial charge in [-0.15, -0.1) is 0 Å². The third kappa shape index (κ3) is 8.45. The predicted molar refractivity (Wildman–Crippen MR) is 377 cm³/mol. The van der Waals surface area contributed by atoms with Crippen molar-refractivity contribution in [1.82, 2.24) is 0 Å². The summed E-state index contributed by atoms with van der Waals surface area (Å²) >= 11 is 0. The molecule has 0 aromatic heterocycles. The first-order valence-electron chi connectivity index (χ1n) is 32.1. The van der Waals surface area contributed by atoms with Gasteiger partial charge >= 0.3 is 7.12 Å². The maximum Gasteiger partial charge on any atom is 0.491 e. The Bertz CT molecular complexity index is 5040. The van der Waals surface area contributed by atoms with Crippen molar-refractivity contribution in [3.63, 3.8) is 0 Å². The van der Waals surface area contributed by atoms with Gasteiger partial charge in [-0.25, -0.2) is 0 Å². The van der Waals surface area contributed by atoms with E-state index in [9.17, 15) is 5.02 Å². The Balaban J connectivity index is 0.685. The Morgan fingerprint density at radius 2 is 0.685 bits per heavy atom. The first-order valence-corrected chi connectivity index (χ1v) is 32.1. The summed E-state index contributed by atoms with van der Waals surface area (Å²) in [4.78, 5) is 0. The number of hydrogen-bond donors (Lipinski definition) is 1. The van der Waals surface area contributed by atoms with Crippen molar-refractivity contribution in [2.45, 2.75) is 104 Å². The van der Waals surface area contributed by atoms with Gasteiger partial charge in [-0.1, -0.05) is 269 Å². The SMILES string of the molecule is CC(C)c1cc(-c2ccc(-c3ccc4c(c3)-c3ccccc3C4(C)C)cc2)c2ccc3c(C(C)C)cc(-c4ccc(-c5ccc6c(c5)-c5cccc(COB(O)c7ccc(-c8ccc9c(c8)-c8ccccc8C9(C)C)cc7)c5C6(C)C)cc4)c4ccc1c2c43. The second-order valence-electron chi connectivity index (χ2n) is 27.9. The van der Waals surface area contributed by atoms with Gasteiger partial charge in [0.15, 0.2) is 0 Å². The molecule has 0 bridgehead atoms. The highest BCUT2D eigenvalue weighted by molar-refractivity contribution is 6.60. The molecule has 1 N–H and O–H groups in total. The van der Waals surface area contributed by atoms with Crippen LogP contribution in [0.4, 0.5) is 0 Å². The standard InChI is InChI=1S/C86H73BO2/c1-50(2)69-47-71(55-26-22-52(23-27-55)57-32-41-78-73(44-57)62-17-11-13-20-76(62)84(78,5)6)66-39-37-65-70(51(3)4)48-72(67-40-38-64(69)81(66)82(65)67)56-28-24-53(25-29-56)59-34-43-80-75(46-59)68-19-15-16-60(83(68)86(80,9)10)49-89-87(88)61-35-30-54(31-36-61)58-33-42-79-74(45-58)63-18-12-14-21-77(63)85(79,7)8/h11-48,50-51,88H,49H2,1-10H3. The molecule has 0 atom stereocenters. The van der Waals surface area contributed by atoms with Crippen LogP contribution in [0.1, 0.15) is 131 Å². The highest BCUT2D eigenvalue weighted by Gasteiger charge is 2.39. The molecule has 3 aliphatic rings. The third-order valence-electron chi connectivity index (χ3n) is 21.1. The van der Waals surface area contributed by atoms with E-state index in [0.29, 0.717) is 18.4 Å². The van der Waals surface area contributed by atoms with E-state index in [1.807, 2.05) is 12.1 Å². The molecule has 0 fully saturated rings. The molecule has 0 aliphatic heterocycles. The lowest BCUT2D eigenvalue weighted by molar-refractivity contribution is 0.257. The van der Waals surface area contributed by atoms with Gasteiger partial charge in [0.2, 0.25) is 0 Å². The predicted octanol–water partition coefficient (Wildman–Crippen LogP) is 22.0. The molecule has 0 radical (unpaired) electrons. The van der Waals surface area contributed by atoms with E-state index in [0.717, 1.165) is 22.2 Å². The minimum absolute atomic E-state index is 0.0119. The Labute approximate surface area is 525 Å². The van der Waals surface area contributed by atoms with Gasteiger partial charge in [-0.3, -0.25) is 0 Å². The summed E-state index contributed by atoms with van der Waals surface area (Å²) in [7, 11) is -1.07. The number of hydrogen-bond acceptors (Lipinski definition) is 2. The summed E-state index contributed by atoms with van der Waals surface area (Å²) in [5.74, 6) is 0.669. The molecule has 3 aliphatic carbocycles. The summed E-state index contributed by atoms with van der Waals surface area (Å²) < 4.78 is 6.35. The van der Waals surface area contributed by atoms with Crippen LogP contribution in [-0.2, 0) is 27.5 Å². The zero-order valence-corrected chi connectivity index (χ0v) is 52.7. The van der Waals surface area contributed by atoms with Gasteiger partial charge in [0.1, 0.15) is 0 Å². The zero-order chi connectivity index (χ0) is 61.0. The molecular weight excluding hydrogens is 1080 g/mol. The normalized spacial score (nSPS) is 14.6. The minimum atomic E-state index is -1.07. The van der Waals surface area contributed by atoms with Crippen LogP contribution in [0.15, 0.2) is 231 Å². The lowest BCUT2D eigenvalue weighted by Gasteiger charge is -2.25. The molecule has 3 heteroatoms. The van der Waals surface area contributed by atoms with Gasteiger partial charge in [0, 0.05) is 16.2 Å². The smallest absolute Gasteiger partial charge is 0.423 e. The van der Waals surface area contributed by atoms with Crippen LogP contribution in [-0.4, -0.2) is 12.1 Å². The average molecular weight is 1150 g/mol. The Morgan fingerprint density at radius 3 is 1.13 bits per heavy atom. The second-order valence-corrected chi connectivity index (χ2v) is 27.9. The lowest BCUT2D eigenvalue weighted by atomic mass is 9.78. The molecule has 0 amide bonds. The molecule has 432 valence electrons. The molecular formula is C86H73BO2. The highest BCUT2D eigenvalue weighted by Crippen LogP contribution is 2.54. The van der Waals surface area contributed by atoms with E-state index in [1.165, 1.54) is 155 Å². The Kier molecular flexibility index (Phi) is 12.5. The molecule has 13 aromatic carbocycles. The van der Waals surface area contributed by atoms with Crippen molar-refractivity contribution in [2.24, 2.45) is 0 Å². The third-order valence-corrected chi connectivity index (χ3v) is 21.1. The molecule has 13 aromatic rings. The van der Waals surface area contributed by atoms with E-state index in [4.69, 9.17) is 4.65 Å². The van der Waals surface area contributed by atoms with E-state index < -0.39 is 7.12 Å². The fourth-order valence-corrected chi connectivity index (χ4v) is 16.4. The molecule has 0 saturated carbocycles. The van der Waals surface area contributed by atoms with Crippen LogP contribution in [0.3, 0.4) is 0 Å². The van der Waals surface area contributed by atoms with E-state index in [-0.39, 0.29) is 16.2 Å². The summed E-state index contributed by atoms with van der Waals surface area (Å²) in [6, 6.07) is 86.6. The van der Waals surface area contributed by atoms with Gasteiger partial charge in [-0.2, -0.15) is 0 Å². The molecule has 0 saturated heterocycles. The first kappa shape index (κ1) is 55.2. The van der Waals surface area contributed by atoms with Gasteiger partial charge < -0.3 is 9.68 Å². The summed E-state index contributed by atoms with van der Waals surface area (Å²) in [5, 5.41) is 19.5. The minimum Gasteiger partial charge on any atom is -0.423 e. The summed E-state index contributed by atoms with van der Waals surface area (Å²) in [6.07, 6.45) is 0. The van der Waals surface area contributed by atoms with Crippen molar-refractivity contribution in [3.8, 4) is 89.0 Å². The van der Waals surface area contributed by atoms with Crippen molar-refractivity contribution in [3.05, 3.63) is 281 Å². The lowest BCUT2D eigenvalue weighted by Crippen LogP contribution is -2.33. The van der Waals surface area contributed by atoms with Crippen molar-refractivity contribution < 1.29 is 9.68 Å². The van der Waals surface area contributed by atoms with Crippen molar-refractivity contribution in [2.75, 3.05) is 0 Å². The topological polar surface area (TPSA) is 29.5 Å². The molecule has 0 spiro atoms. The van der Waals surface area contributed by atoms with Gasteiger partial charge in [0.25, 0.3) is 0 Å².